The molecule has 3 heteroatoms. The molecular formula is C19H22N2O. The van der Waals surface area contributed by atoms with Gasteiger partial charge in [-0.1, -0.05) is 18.2 Å². The van der Waals surface area contributed by atoms with E-state index in [1.54, 1.807) is 6.20 Å². The molecule has 0 amide bonds. The summed E-state index contributed by atoms with van der Waals surface area (Å²) in [6.45, 7) is 1.17. The van der Waals surface area contributed by atoms with Crippen LogP contribution in [0.2, 0.25) is 0 Å². The Bertz CT molecular complexity index is 628. The lowest BCUT2D eigenvalue weighted by molar-refractivity contribution is 0.198. The molecule has 2 aromatic rings. The zero-order valence-corrected chi connectivity index (χ0v) is 12.7. The van der Waals surface area contributed by atoms with Gasteiger partial charge in [0.15, 0.2) is 0 Å². The Morgan fingerprint density at radius 1 is 1.00 bits per heavy atom. The van der Waals surface area contributed by atoms with Crippen LogP contribution in [0.15, 0.2) is 48.8 Å². The van der Waals surface area contributed by atoms with Crippen LogP contribution in [0.4, 0.5) is 0 Å². The molecule has 114 valence electrons. The number of rotatable bonds is 3. The Balaban J connectivity index is 1.54. The number of fused-ring (bicyclic) bond motifs is 2. The third kappa shape index (κ3) is 2.86. The average molecular weight is 294 g/mol. The molecule has 1 saturated carbocycles. The van der Waals surface area contributed by atoms with E-state index in [0.717, 1.165) is 17.4 Å². The summed E-state index contributed by atoms with van der Waals surface area (Å²) in [5.41, 5.74) is 1.31. The Labute approximate surface area is 131 Å². The maximum absolute atomic E-state index is 5.93. The van der Waals surface area contributed by atoms with E-state index in [4.69, 9.17) is 4.74 Å². The van der Waals surface area contributed by atoms with Crippen LogP contribution in [-0.4, -0.2) is 17.6 Å². The van der Waals surface area contributed by atoms with Crippen molar-refractivity contribution in [2.24, 2.45) is 5.92 Å². The van der Waals surface area contributed by atoms with Gasteiger partial charge < -0.3 is 10.1 Å². The van der Waals surface area contributed by atoms with E-state index in [1.807, 2.05) is 36.5 Å². The van der Waals surface area contributed by atoms with E-state index in [0.29, 0.717) is 12.0 Å². The summed E-state index contributed by atoms with van der Waals surface area (Å²) in [7, 11) is 0. The average Bonchev–Trinajstić information content (AvgIpc) is 2.56. The fraction of sp³-hybridized carbons (Fsp3) is 0.421. The van der Waals surface area contributed by atoms with Gasteiger partial charge in [-0.15, -0.1) is 0 Å². The molecule has 4 rings (SSSR count). The van der Waals surface area contributed by atoms with Crippen molar-refractivity contribution >= 4 is 0 Å². The molecule has 3 unspecified atom stereocenters. The molecule has 0 spiro atoms. The molecule has 1 aromatic carbocycles. The minimum Gasteiger partial charge on any atom is -0.456 e. The summed E-state index contributed by atoms with van der Waals surface area (Å²) in [5.74, 6) is 3.20. The molecular weight excluding hydrogens is 272 g/mol. The van der Waals surface area contributed by atoms with E-state index >= 15 is 0 Å². The molecule has 1 N–H and O–H groups in total. The van der Waals surface area contributed by atoms with E-state index in [1.165, 1.54) is 37.8 Å². The molecule has 1 saturated heterocycles. The fourth-order valence-corrected chi connectivity index (χ4v) is 3.94. The first-order chi connectivity index (χ1) is 10.9. The van der Waals surface area contributed by atoms with Crippen molar-refractivity contribution in [3.05, 3.63) is 54.4 Å². The van der Waals surface area contributed by atoms with Crippen LogP contribution in [0.1, 0.15) is 37.2 Å². The van der Waals surface area contributed by atoms with Gasteiger partial charge in [-0.25, -0.2) is 0 Å². The highest BCUT2D eigenvalue weighted by Crippen LogP contribution is 2.40. The number of para-hydroxylation sites is 1. The zero-order valence-electron chi connectivity index (χ0n) is 12.7. The topological polar surface area (TPSA) is 34.1 Å². The van der Waals surface area contributed by atoms with Gasteiger partial charge in [0.1, 0.15) is 11.5 Å². The largest absolute Gasteiger partial charge is 0.456 e. The molecule has 3 nitrogen and oxygen atoms in total. The van der Waals surface area contributed by atoms with Crippen molar-refractivity contribution in [2.75, 3.05) is 6.54 Å². The second-order valence-corrected chi connectivity index (χ2v) is 6.50. The van der Waals surface area contributed by atoms with E-state index in [-0.39, 0.29) is 0 Å². The van der Waals surface area contributed by atoms with Crippen molar-refractivity contribution in [3.8, 4) is 11.5 Å². The normalized spacial score (nSPS) is 27.4. The number of pyridine rings is 1. The quantitative estimate of drug-likeness (QED) is 0.924. The van der Waals surface area contributed by atoms with Gasteiger partial charge in [0, 0.05) is 18.2 Å². The summed E-state index contributed by atoms with van der Waals surface area (Å²) in [6.07, 6.45) is 9.09. The number of nitrogens with one attached hydrogen (secondary N) is 1. The van der Waals surface area contributed by atoms with Crippen LogP contribution in [0.25, 0.3) is 0 Å². The van der Waals surface area contributed by atoms with Crippen molar-refractivity contribution in [3.63, 3.8) is 0 Å². The molecule has 22 heavy (non-hydrogen) atoms. The van der Waals surface area contributed by atoms with Crippen molar-refractivity contribution in [1.82, 2.24) is 10.3 Å². The Hall–Kier alpha value is -1.87. The number of ether oxygens (including phenoxy) is 1. The highest BCUT2D eigenvalue weighted by Gasteiger charge is 2.34. The van der Waals surface area contributed by atoms with Crippen LogP contribution < -0.4 is 10.1 Å². The van der Waals surface area contributed by atoms with Gasteiger partial charge in [-0.3, -0.25) is 4.98 Å². The summed E-state index contributed by atoms with van der Waals surface area (Å²) in [5, 5.41) is 3.70. The predicted octanol–water partition coefficient (Wildman–Crippen LogP) is 4.12. The van der Waals surface area contributed by atoms with Crippen LogP contribution in [0, 0.1) is 5.92 Å². The molecule has 2 aliphatic rings. The van der Waals surface area contributed by atoms with Gasteiger partial charge in [-0.05, 0) is 61.9 Å². The minimum atomic E-state index is 0.573. The maximum Gasteiger partial charge on any atom is 0.145 e. The van der Waals surface area contributed by atoms with Crippen LogP contribution in [0.5, 0.6) is 11.5 Å². The van der Waals surface area contributed by atoms with Gasteiger partial charge in [0.05, 0.1) is 6.20 Å². The van der Waals surface area contributed by atoms with Gasteiger partial charge in [-0.2, -0.15) is 0 Å². The number of hydrogen-bond donors (Lipinski definition) is 1. The second kappa shape index (κ2) is 6.09. The highest BCUT2D eigenvalue weighted by atomic mass is 16.5. The predicted molar refractivity (Wildman–Crippen MR) is 87.2 cm³/mol. The minimum absolute atomic E-state index is 0.573. The molecule has 0 radical (unpaired) electrons. The van der Waals surface area contributed by atoms with Crippen molar-refractivity contribution < 1.29 is 4.74 Å². The lowest BCUT2D eigenvalue weighted by Crippen LogP contribution is -2.45. The van der Waals surface area contributed by atoms with Crippen LogP contribution >= 0.6 is 0 Å². The Morgan fingerprint density at radius 3 is 2.82 bits per heavy atom. The number of hydrogen-bond acceptors (Lipinski definition) is 3. The van der Waals surface area contributed by atoms with E-state index in [9.17, 15) is 0 Å². The molecule has 1 aromatic heterocycles. The van der Waals surface area contributed by atoms with Gasteiger partial charge in [0.2, 0.25) is 0 Å². The molecule has 2 fully saturated rings. The molecule has 2 bridgehead atoms. The van der Waals surface area contributed by atoms with Crippen LogP contribution in [-0.2, 0) is 0 Å². The van der Waals surface area contributed by atoms with Gasteiger partial charge in [0.25, 0.3) is 0 Å². The number of aromatic nitrogens is 1. The zero-order chi connectivity index (χ0) is 14.8. The Morgan fingerprint density at radius 2 is 1.91 bits per heavy atom. The van der Waals surface area contributed by atoms with Gasteiger partial charge >= 0.3 is 0 Å². The third-order valence-corrected chi connectivity index (χ3v) is 5.06. The van der Waals surface area contributed by atoms with Crippen molar-refractivity contribution in [2.45, 2.75) is 37.6 Å². The first-order valence-corrected chi connectivity index (χ1v) is 8.30. The van der Waals surface area contributed by atoms with Crippen molar-refractivity contribution in [1.29, 1.82) is 0 Å². The highest BCUT2D eigenvalue weighted by molar-refractivity contribution is 5.33. The molecule has 2 heterocycles. The molecule has 3 atom stereocenters. The lowest BCUT2D eigenvalue weighted by atomic mass is 9.72. The Kier molecular flexibility index (Phi) is 3.81. The van der Waals surface area contributed by atoms with Crippen LogP contribution in [0.3, 0.4) is 0 Å². The summed E-state index contributed by atoms with van der Waals surface area (Å²) >= 11 is 0. The second-order valence-electron chi connectivity index (χ2n) is 6.50. The number of benzene rings is 1. The smallest absolute Gasteiger partial charge is 0.145 e. The monoisotopic (exact) mass is 294 g/mol. The fourth-order valence-electron chi connectivity index (χ4n) is 3.94. The SMILES string of the molecule is c1ccc(Oc2cncc(C3CCC4CCNC3C4)c2)cc1. The molecule has 1 aliphatic heterocycles. The lowest BCUT2D eigenvalue weighted by Gasteiger charge is -2.41. The molecule has 1 aliphatic carbocycles. The first-order valence-electron chi connectivity index (χ1n) is 8.30. The third-order valence-electron chi connectivity index (χ3n) is 5.06. The maximum atomic E-state index is 5.93. The van der Waals surface area contributed by atoms with E-state index < -0.39 is 0 Å². The summed E-state index contributed by atoms with van der Waals surface area (Å²) < 4.78 is 5.93. The summed E-state index contributed by atoms with van der Waals surface area (Å²) in [6, 6.07) is 12.7. The number of piperidine rings is 1. The summed E-state index contributed by atoms with van der Waals surface area (Å²) in [4.78, 5) is 4.41. The first kappa shape index (κ1) is 13.8. The van der Waals surface area contributed by atoms with E-state index in [2.05, 4.69) is 16.4 Å². The number of nitrogens with zero attached hydrogens (tertiary/aromatic N) is 1. The standard InChI is InChI=1S/C19H22N2O/c1-2-4-16(5-3-1)22-17-11-15(12-20-13-17)18-7-6-14-8-9-21-19(18)10-14/h1-5,11-14,18-19,21H,6-10H2.